The van der Waals surface area contributed by atoms with Gasteiger partial charge in [0.15, 0.2) is 0 Å². The quantitative estimate of drug-likeness (QED) is 0.912. The van der Waals surface area contributed by atoms with Crippen LogP contribution in [0.15, 0.2) is 11.4 Å². The molecule has 0 aliphatic heterocycles. The van der Waals surface area contributed by atoms with Gasteiger partial charge in [-0.3, -0.25) is 0 Å². The normalized spacial score (nSPS) is 11.2. The van der Waals surface area contributed by atoms with E-state index in [-0.39, 0.29) is 0 Å². The molecule has 0 amide bonds. The lowest BCUT2D eigenvalue weighted by Gasteiger charge is -2.09. The maximum Gasteiger partial charge on any atom is 0.135 e. The Kier molecular flexibility index (Phi) is 4.61. The minimum atomic E-state index is 0.459. The monoisotopic (exact) mass is 276 g/mol. The van der Waals surface area contributed by atoms with Gasteiger partial charge in [-0.25, -0.2) is 15.0 Å². The summed E-state index contributed by atoms with van der Waals surface area (Å²) < 4.78 is 0. The zero-order valence-corrected chi connectivity index (χ0v) is 12.7. The summed E-state index contributed by atoms with van der Waals surface area (Å²) in [6.07, 6.45) is 0.717. The largest absolute Gasteiger partial charge is 0.309 e. The number of aromatic nitrogens is 3. The predicted molar refractivity (Wildman–Crippen MR) is 78.4 cm³/mol. The first-order valence-corrected chi connectivity index (χ1v) is 7.38. The van der Waals surface area contributed by atoms with Crippen molar-refractivity contribution in [2.24, 2.45) is 0 Å². The standard InChI is InChI=1S/C14H20N4S/c1-9(2)15-7-12-5-10(3)16-13(18-12)6-14-17-11(4)8-19-14/h5,8-9,15H,6-7H2,1-4H3. The topological polar surface area (TPSA) is 50.7 Å². The van der Waals surface area contributed by atoms with Gasteiger partial charge in [0.1, 0.15) is 10.8 Å². The van der Waals surface area contributed by atoms with Crippen molar-refractivity contribution in [3.63, 3.8) is 0 Å². The van der Waals surface area contributed by atoms with Gasteiger partial charge in [0.2, 0.25) is 0 Å². The molecule has 4 nitrogen and oxygen atoms in total. The lowest BCUT2D eigenvalue weighted by molar-refractivity contribution is 0.578. The molecule has 5 heteroatoms. The molecule has 0 bridgehead atoms. The predicted octanol–water partition coefficient (Wildman–Crippen LogP) is 2.64. The lowest BCUT2D eigenvalue weighted by atomic mass is 10.3. The second kappa shape index (κ2) is 6.21. The van der Waals surface area contributed by atoms with E-state index in [1.165, 1.54) is 0 Å². The van der Waals surface area contributed by atoms with E-state index < -0.39 is 0 Å². The Labute approximate surface area is 118 Å². The Balaban J connectivity index is 2.12. The number of nitrogens with zero attached hydrogens (tertiary/aromatic N) is 3. The van der Waals surface area contributed by atoms with Crippen molar-refractivity contribution in [3.8, 4) is 0 Å². The van der Waals surface area contributed by atoms with Crippen LogP contribution in [0.25, 0.3) is 0 Å². The van der Waals surface area contributed by atoms with Crippen LogP contribution in [0.2, 0.25) is 0 Å². The van der Waals surface area contributed by atoms with Crippen LogP contribution in [0.5, 0.6) is 0 Å². The number of hydrogen-bond acceptors (Lipinski definition) is 5. The Bertz CT molecular complexity index is 548. The minimum Gasteiger partial charge on any atom is -0.309 e. The molecule has 2 aromatic rings. The molecule has 0 aromatic carbocycles. The van der Waals surface area contributed by atoms with Crippen LogP contribution in [0.3, 0.4) is 0 Å². The summed E-state index contributed by atoms with van der Waals surface area (Å²) in [5, 5.41) is 6.52. The molecule has 0 fully saturated rings. The SMILES string of the molecule is Cc1cc(CNC(C)C)nc(Cc2nc(C)cs2)n1. The van der Waals surface area contributed by atoms with Crippen LogP contribution in [0.4, 0.5) is 0 Å². The fourth-order valence-corrected chi connectivity index (χ4v) is 2.57. The highest BCUT2D eigenvalue weighted by Gasteiger charge is 2.06. The van der Waals surface area contributed by atoms with E-state index in [0.29, 0.717) is 6.04 Å². The van der Waals surface area contributed by atoms with Gasteiger partial charge in [-0.15, -0.1) is 11.3 Å². The molecule has 0 aliphatic carbocycles. The molecule has 0 radical (unpaired) electrons. The Morgan fingerprint density at radius 2 is 1.95 bits per heavy atom. The number of hydrogen-bond donors (Lipinski definition) is 1. The molecule has 0 unspecified atom stereocenters. The molecule has 0 saturated carbocycles. The summed E-state index contributed by atoms with van der Waals surface area (Å²) in [6, 6.07) is 2.49. The average Bonchev–Trinajstić information content (AvgIpc) is 2.71. The van der Waals surface area contributed by atoms with Crippen molar-refractivity contribution >= 4 is 11.3 Å². The summed E-state index contributed by atoms with van der Waals surface area (Å²) in [6.45, 7) is 9.07. The van der Waals surface area contributed by atoms with Crippen LogP contribution in [0.1, 0.15) is 41.8 Å². The molecule has 0 spiro atoms. The van der Waals surface area contributed by atoms with Crippen molar-refractivity contribution in [1.82, 2.24) is 20.3 Å². The Morgan fingerprint density at radius 3 is 2.58 bits per heavy atom. The molecule has 2 heterocycles. The van der Waals surface area contributed by atoms with Crippen LogP contribution in [-0.4, -0.2) is 21.0 Å². The zero-order valence-electron chi connectivity index (χ0n) is 11.9. The van der Waals surface area contributed by atoms with Crippen LogP contribution in [-0.2, 0) is 13.0 Å². The van der Waals surface area contributed by atoms with E-state index in [0.717, 1.165) is 40.9 Å². The maximum atomic E-state index is 4.60. The fraction of sp³-hybridized carbons (Fsp3) is 0.500. The summed E-state index contributed by atoms with van der Waals surface area (Å²) >= 11 is 1.67. The molecular formula is C14H20N4S. The summed E-state index contributed by atoms with van der Waals surface area (Å²) in [5.41, 5.74) is 3.12. The third-order valence-corrected chi connectivity index (χ3v) is 3.59. The van der Waals surface area contributed by atoms with Crippen LogP contribution >= 0.6 is 11.3 Å². The molecule has 0 aliphatic rings. The van der Waals surface area contributed by atoms with Gasteiger partial charge >= 0.3 is 0 Å². The highest BCUT2D eigenvalue weighted by Crippen LogP contribution is 2.13. The Morgan fingerprint density at radius 1 is 1.16 bits per heavy atom. The molecule has 0 atom stereocenters. The van der Waals surface area contributed by atoms with Crippen molar-refractivity contribution in [2.75, 3.05) is 0 Å². The summed E-state index contributed by atoms with van der Waals surface area (Å²) in [7, 11) is 0. The molecule has 1 N–H and O–H groups in total. The third-order valence-electron chi connectivity index (χ3n) is 2.62. The minimum absolute atomic E-state index is 0.459. The highest BCUT2D eigenvalue weighted by atomic mass is 32.1. The second-order valence-electron chi connectivity index (χ2n) is 5.01. The van der Waals surface area contributed by atoms with Crippen molar-refractivity contribution in [1.29, 1.82) is 0 Å². The van der Waals surface area contributed by atoms with Gasteiger partial charge in [0, 0.05) is 29.4 Å². The first-order chi connectivity index (χ1) is 9.02. The zero-order chi connectivity index (χ0) is 13.8. The van der Waals surface area contributed by atoms with E-state index in [4.69, 9.17) is 0 Å². The smallest absolute Gasteiger partial charge is 0.135 e. The van der Waals surface area contributed by atoms with Crippen molar-refractivity contribution < 1.29 is 0 Å². The molecule has 2 rings (SSSR count). The van der Waals surface area contributed by atoms with Gasteiger partial charge < -0.3 is 5.32 Å². The molecule has 2 aromatic heterocycles. The lowest BCUT2D eigenvalue weighted by Crippen LogP contribution is -2.23. The maximum absolute atomic E-state index is 4.60. The fourth-order valence-electron chi connectivity index (χ4n) is 1.80. The first-order valence-electron chi connectivity index (χ1n) is 6.51. The first kappa shape index (κ1) is 14.1. The van der Waals surface area contributed by atoms with Gasteiger partial charge in [-0.2, -0.15) is 0 Å². The van der Waals surface area contributed by atoms with E-state index in [1.54, 1.807) is 11.3 Å². The van der Waals surface area contributed by atoms with Gasteiger partial charge in [0.25, 0.3) is 0 Å². The summed E-state index contributed by atoms with van der Waals surface area (Å²) in [5.74, 6) is 0.856. The van der Waals surface area contributed by atoms with E-state index >= 15 is 0 Å². The van der Waals surface area contributed by atoms with E-state index in [1.807, 2.05) is 19.9 Å². The average molecular weight is 276 g/mol. The summed E-state index contributed by atoms with van der Waals surface area (Å²) in [4.78, 5) is 13.6. The number of thiazole rings is 1. The van der Waals surface area contributed by atoms with E-state index in [9.17, 15) is 0 Å². The molecular weight excluding hydrogens is 256 g/mol. The second-order valence-corrected chi connectivity index (χ2v) is 5.95. The Hall–Kier alpha value is -1.33. The highest BCUT2D eigenvalue weighted by molar-refractivity contribution is 7.09. The molecule has 19 heavy (non-hydrogen) atoms. The number of rotatable bonds is 5. The number of nitrogens with one attached hydrogen (secondary N) is 1. The van der Waals surface area contributed by atoms with Crippen molar-refractivity contribution in [2.45, 2.75) is 46.7 Å². The van der Waals surface area contributed by atoms with Gasteiger partial charge in [-0.05, 0) is 19.9 Å². The van der Waals surface area contributed by atoms with Crippen LogP contribution in [0, 0.1) is 13.8 Å². The van der Waals surface area contributed by atoms with E-state index in [2.05, 4.69) is 39.5 Å². The van der Waals surface area contributed by atoms with Crippen molar-refractivity contribution in [3.05, 3.63) is 39.4 Å². The third kappa shape index (κ3) is 4.36. The van der Waals surface area contributed by atoms with Gasteiger partial charge in [0.05, 0.1) is 12.1 Å². The molecule has 102 valence electrons. The molecule has 0 saturated heterocycles. The van der Waals surface area contributed by atoms with Crippen LogP contribution < -0.4 is 5.32 Å². The number of aryl methyl sites for hydroxylation is 2. The van der Waals surface area contributed by atoms with Gasteiger partial charge in [-0.1, -0.05) is 13.8 Å².